The molecule has 0 fully saturated rings. The molecule has 0 spiro atoms. The number of urea groups is 1. The van der Waals surface area contributed by atoms with Crippen LogP contribution in [0, 0.1) is 6.92 Å². The third-order valence-corrected chi connectivity index (χ3v) is 3.73. The Kier molecular flexibility index (Phi) is 4.56. The smallest absolute Gasteiger partial charge is 0.319 e. The number of benzene rings is 2. The average molecular weight is 321 g/mol. The van der Waals surface area contributed by atoms with E-state index in [1.165, 1.54) is 6.33 Å². The second kappa shape index (κ2) is 6.95. The fourth-order valence-electron chi connectivity index (χ4n) is 2.34. The largest absolute Gasteiger partial charge is 0.331 e. The zero-order valence-electron chi connectivity index (χ0n) is 13.6. The van der Waals surface area contributed by atoms with Gasteiger partial charge in [0.05, 0.1) is 11.7 Å². The molecule has 24 heavy (non-hydrogen) atoms. The first-order chi connectivity index (χ1) is 11.6. The molecular weight excluding hydrogens is 302 g/mol. The number of anilines is 1. The van der Waals surface area contributed by atoms with Crippen LogP contribution in [-0.4, -0.2) is 20.8 Å². The molecule has 3 aromatic rings. The van der Waals surface area contributed by atoms with Crippen LogP contribution in [0.25, 0.3) is 5.69 Å². The highest BCUT2D eigenvalue weighted by Crippen LogP contribution is 2.16. The van der Waals surface area contributed by atoms with Crippen LogP contribution >= 0.6 is 0 Å². The highest BCUT2D eigenvalue weighted by atomic mass is 16.2. The van der Waals surface area contributed by atoms with Crippen LogP contribution in [0.3, 0.4) is 0 Å². The van der Waals surface area contributed by atoms with Gasteiger partial charge in [0.25, 0.3) is 0 Å². The maximum Gasteiger partial charge on any atom is 0.319 e. The van der Waals surface area contributed by atoms with Crippen molar-refractivity contribution in [1.82, 2.24) is 20.1 Å². The third kappa shape index (κ3) is 3.78. The molecule has 3 rings (SSSR count). The molecule has 0 saturated heterocycles. The summed E-state index contributed by atoms with van der Waals surface area (Å²) in [6.07, 6.45) is 3.14. The van der Waals surface area contributed by atoms with Gasteiger partial charge in [-0.1, -0.05) is 29.8 Å². The lowest BCUT2D eigenvalue weighted by Crippen LogP contribution is -2.31. The molecule has 6 heteroatoms. The molecule has 0 radical (unpaired) electrons. The molecule has 0 unspecified atom stereocenters. The molecule has 2 amide bonds. The van der Waals surface area contributed by atoms with E-state index in [0.29, 0.717) is 0 Å². The van der Waals surface area contributed by atoms with E-state index in [1.807, 2.05) is 62.4 Å². The van der Waals surface area contributed by atoms with Crippen LogP contribution in [0.1, 0.15) is 24.1 Å². The molecule has 2 N–H and O–H groups in total. The van der Waals surface area contributed by atoms with Crippen LogP contribution in [0.15, 0.2) is 61.2 Å². The van der Waals surface area contributed by atoms with E-state index in [1.54, 1.807) is 11.0 Å². The van der Waals surface area contributed by atoms with Crippen molar-refractivity contribution in [3.05, 3.63) is 72.3 Å². The summed E-state index contributed by atoms with van der Waals surface area (Å²) in [5.74, 6) is 0. The number of aryl methyl sites for hydroxylation is 1. The zero-order valence-corrected chi connectivity index (χ0v) is 13.6. The van der Waals surface area contributed by atoms with Crippen LogP contribution in [0.5, 0.6) is 0 Å². The molecule has 0 aliphatic heterocycles. The number of nitrogens with one attached hydrogen (secondary N) is 2. The van der Waals surface area contributed by atoms with Gasteiger partial charge in [0.15, 0.2) is 0 Å². The minimum atomic E-state index is -0.230. The molecule has 2 aromatic carbocycles. The fraction of sp³-hybridized carbons (Fsp3) is 0.167. The van der Waals surface area contributed by atoms with Gasteiger partial charge < -0.3 is 10.6 Å². The first kappa shape index (κ1) is 15.7. The van der Waals surface area contributed by atoms with Gasteiger partial charge in [-0.2, -0.15) is 5.10 Å². The predicted octanol–water partition coefficient (Wildman–Crippen LogP) is 3.46. The van der Waals surface area contributed by atoms with Crippen molar-refractivity contribution in [3.8, 4) is 5.69 Å². The number of hydrogen-bond donors (Lipinski definition) is 2. The molecule has 1 atom stereocenters. The Morgan fingerprint density at radius 3 is 2.42 bits per heavy atom. The van der Waals surface area contributed by atoms with E-state index in [4.69, 9.17) is 0 Å². The van der Waals surface area contributed by atoms with Crippen LogP contribution in [0.4, 0.5) is 10.5 Å². The summed E-state index contributed by atoms with van der Waals surface area (Å²) >= 11 is 0. The third-order valence-electron chi connectivity index (χ3n) is 3.73. The van der Waals surface area contributed by atoms with Gasteiger partial charge in [0, 0.05) is 5.69 Å². The summed E-state index contributed by atoms with van der Waals surface area (Å²) in [6.45, 7) is 3.95. The van der Waals surface area contributed by atoms with Crippen LogP contribution in [-0.2, 0) is 0 Å². The van der Waals surface area contributed by atoms with Gasteiger partial charge in [-0.15, -0.1) is 0 Å². The fourth-order valence-corrected chi connectivity index (χ4v) is 2.34. The average Bonchev–Trinajstić information content (AvgIpc) is 3.11. The summed E-state index contributed by atoms with van der Waals surface area (Å²) in [7, 11) is 0. The van der Waals surface area contributed by atoms with Crippen molar-refractivity contribution in [2.75, 3.05) is 5.32 Å². The summed E-state index contributed by atoms with van der Waals surface area (Å²) in [5, 5.41) is 9.85. The van der Waals surface area contributed by atoms with Crippen LogP contribution < -0.4 is 10.6 Å². The normalized spacial score (nSPS) is 11.8. The monoisotopic (exact) mass is 321 g/mol. The molecule has 0 aliphatic carbocycles. The number of hydrogen-bond acceptors (Lipinski definition) is 3. The molecule has 1 heterocycles. The van der Waals surface area contributed by atoms with Gasteiger partial charge in [-0.25, -0.2) is 14.5 Å². The summed E-state index contributed by atoms with van der Waals surface area (Å²) < 4.78 is 1.69. The standard InChI is InChI=1S/C18H19N5O/c1-13-3-7-16(8-4-13)22-18(24)21-14(2)15-5-9-17(10-6-15)23-12-19-11-20-23/h3-12,14H,1-2H3,(H2,21,22,24)/t14-/m0/s1. The van der Waals surface area contributed by atoms with Gasteiger partial charge >= 0.3 is 6.03 Å². The molecule has 0 aliphatic rings. The lowest BCUT2D eigenvalue weighted by Gasteiger charge is -2.15. The van der Waals surface area contributed by atoms with E-state index in [2.05, 4.69) is 20.7 Å². The minimum Gasteiger partial charge on any atom is -0.331 e. The van der Waals surface area contributed by atoms with Crippen molar-refractivity contribution in [2.45, 2.75) is 19.9 Å². The Morgan fingerprint density at radius 2 is 1.79 bits per heavy atom. The van der Waals surface area contributed by atoms with E-state index < -0.39 is 0 Å². The first-order valence-corrected chi connectivity index (χ1v) is 7.71. The maximum atomic E-state index is 12.1. The number of amides is 2. The Hall–Kier alpha value is -3.15. The molecule has 122 valence electrons. The first-order valence-electron chi connectivity index (χ1n) is 7.71. The van der Waals surface area contributed by atoms with Gasteiger partial charge in [0.2, 0.25) is 0 Å². The zero-order chi connectivity index (χ0) is 16.9. The highest BCUT2D eigenvalue weighted by Gasteiger charge is 2.10. The van der Waals surface area contributed by atoms with Crippen molar-refractivity contribution >= 4 is 11.7 Å². The Morgan fingerprint density at radius 1 is 1.08 bits per heavy atom. The summed E-state index contributed by atoms with van der Waals surface area (Å²) in [6, 6.07) is 15.2. The van der Waals surface area contributed by atoms with E-state index in [9.17, 15) is 4.79 Å². The van der Waals surface area contributed by atoms with Crippen molar-refractivity contribution < 1.29 is 4.79 Å². The number of carbonyl (C=O) groups is 1. The quantitative estimate of drug-likeness (QED) is 0.773. The van der Waals surface area contributed by atoms with E-state index >= 15 is 0 Å². The van der Waals surface area contributed by atoms with E-state index in [-0.39, 0.29) is 12.1 Å². The molecular formula is C18H19N5O. The highest BCUT2D eigenvalue weighted by molar-refractivity contribution is 5.89. The van der Waals surface area contributed by atoms with Gasteiger partial charge in [-0.05, 0) is 43.7 Å². The lowest BCUT2D eigenvalue weighted by atomic mass is 10.1. The van der Waals surface area contributed by atoms with E-state index in [0.717, 1.165) is 22.5 Å². The second-order valence-electron chi connectivity index (χ2n) is 5.62. The SMILES string of the molecule is Cc1ccc(NC(=O)N[C@@H](C)c2ccc(-n3cncn3)cc2)cc1. The van der Waals surface area contributed by atoms with Crippen molar-refractivity contribution in [1.29, 1.82) is 0 Å². The summed E-state index contributed by atoms with van der Waals surface area (Å²) in [5.41, 5.74) is 3.86. The molecule has 6 nitrogen and oxygen atoms in total. The number of aromatic nitrogens is 3. The Balaban J connectivity index is 1.60. The lowest BCUT2D eigenvalue weighted by molar-refractivity contribution is 0.249. The van der Waals surface area contributed by atoms with Crippen molar-refractivity contribution in [2.24, 2.45) is 0 Å². The summed E-state index contributed by atoms with van der Waals surface area (Å²) in [4.78, 5) is 16.0. The molecule has 0 bridgehead atoms. The van der Waals surface area contributed by atoms with Gasteiger partial charge in [-0.3, -0.25) is 0 Å². The Bertz CT molecular complexity index is 794. The van der Waals surface area contributed by atoms with Crippen LogP contribution in [0.2, 0.25) is 0 Å². The molecule has 1 aromatic heterocycles. The minimum absolute atomic E-state index is 0.111. The topological polar surface area (TPSA) is 71.8 Å². The number of carbonyl (C=O) groups excluding carboxylic acids is 1. The predicted molar refractivity (Wildman–Crippen MR) is 93.1 cm³/mol. The Labute approximate surface area is 140 Å². The second-order valence-corrected chi connectivity index (χ2v) is 5.62. The van der Waals surface area contributed by atoms with Crippen molar-refractivity contribution in [3.63, 3.8) is 0 Å². The number of rotatable bonds is 4. The number of nitrogens with zero attached hydrogens (tertiary/aromatic N) is 3. The maximum absolute atomic E-state index is 12.1. The molecule has 0 saturated carbocycles. The van der Waals surface area contributed by atoms with Gasteiger partial charge in [0.1, 0.15) is 12.7 Å².